The van der Waals surface area contributed by atoms with Crippen LogP contribution in [0.2, 0.25) is 5.02 Å². The van der Waals surface area contributed by atoms with Crippen molar-refractivity contribution in [3.8, 4) is 17.0 Å². The molecule has 3 aromatic rings. The molecule has 1 amide bonds. The summed E-state index contributed by atoms with van der Waals surface area (Å²) in [7, 11) is -0.812. The number of thioether (sulfide) groups is 1. The first-order valence-corrected chi connectivity index (χ1v) is 12.2. The molecule has 0 fully saturated rings. The molecule has 2 aromatic carbocycles. The van der Waals surface area contributed by atoms with Crippen molar-refractivity contribution in [1.82, 2.24) is 9.97 Å². The van der Waals surface area contributed by atoms with Crippen molar-refractivity contribution in [1.29, 1.82) is 0 Å². The molecule has 0 spiro atoms. The molecule has 0 bridgehead atoms. The summed E-state index contributed by atoms with van der Waals surface area (Å²) >= 11 is 7.17. The molecule has 166 valence electrons. The molecule has 8 nitrogen and oxygen atoms in total. The maximum Gasteiger partial charge on any atom is 0.267 e. The lowest BCUT2D eigenvalue weighted by Gasteiger charge is -2.28. The summed E-state index contributed by atoms with van der Waals surface area (Å²) < 4.78 is 32.2. The first-order chi connectivity index (χ1) is 15.2. The predicted molar refractivity (Wildman–Crippen MR) is 125 cm³/mol. The first kappa shape index (κ1) is 22.4. The lowest BCUT2D eigenvalue weighted by molar-refractivity contribution is -0.113. The summed E-state index contributed by atoms with van der Waals surface area (Å²) in [5.41, 5.74) is 2.90. The van der Waals surface area contributed by atoms with Crippen molar-refractivity contribution < 1.29 is 17.9 Å². The number of halogens is 1. The van der Waals surface area contributed by atoms with Crippen LogP contribution < -0.4 is 14.4 Å². The number of ether oxygens (including phenoxy) is 1. The van der Waals surface area contributed by atoms with Crippen LogP contribution >= 0.6 is 23.4 Å². The maximum atomic E-state index is 12.9. The molecule has 0 radical (unpaired) electrons. The van der Waals surface area contributed by atoms with Crippen LogP contribution in [0.4, 0.5) is 11.4 Å². The second-order valence-electron chi connectivity index (χ2n) is 7.04. The van der Waals surface area contributed by atoms with Gasteiger partial charge in [0.25, 0.3) is 10.0 Å². The average Bonchev–Trinajstić information content (AvgIpc) is 2.76. The summed E-state index contributed by atoms with van der Waals surface area (Å²) in [6.07, 6.45) is 1.27. The molecule has 1 aromatic heterocycles. The lowest BCUT2D eigenvalue weighted by atomic mass is 10.1. The Hall–Kier alpha value is -2.82. The van der Waals surface area contributed by atoms with Gasteiger partial charge in [-0.25, -0.2) is 18.4 Å². The molecule has 1 aliphatic heterocycles. The Labute approximate surface area is 195 Å². The topological polar surface area (TPSA) is 101 Å². The zero-order valence-electron chi connectivity index (χ0n) is 17.4. The largest absolute Gasteiger partial charge is 0.495 e. The van der Waals surface area contributed by atoms with Crippen molar-refractivity contribution in [2.24, 2.45) is 0 Å². The number of benzene rings is 2. The molecule has 0 atom stereocenters. The quantitative estimate of drug-likeness (QED) is 0.426. The van der Waals surface area contributed by atoms with Gasteiger partial charge in [-0.3, -0.25) is 9.10 Å². The number of carbonyl (C=O) groups excluding carboxylic acids is 1. The third kappa shape index (κ3) is 4.13. The molecular formula is C21H19ClN4O4S2. The van der Waals surface area contributed by atoms with Gasteiger partial charge >= 0.3 is 0 Å². The molecule has 0 saturated heterocycles. The summed E-state index contributed by atoms with van der Waals surface area (Å²) in [5, 5.41) is 3.52. The van der Waals surface area contributed by atoms with E-state index in [-0.39, 0.29) is 27.4 Å². The van der Waals surface area contributed by atoms with Gasteiger partial charge in [-0.1, -0.05) is 29.4 Å². The van der Waals surface area contributed by atoms with Gasteiger partial charge in [-0.15, -0.1) is 0 Å². The van der Waals surface area contributed by atoms with Crippen molar-refractivity contribution in [3.05, 3.63) is 53.2 Å². The van der Waals surface area contributed by atoms with E-state index in [4.69, 9.17) is 16.3 Å². The molecule has 11 heteroatoms. The van der Waals surface area contributed by atoms with E-state index in [1.165, 1.54) is 20.4 Å². The normalized spacial score (nSPS) is 13.8. The Morgan fingerprint density at radius 2 is 2.03 bits per heavy atom. The third-order valence-corrected chi connectivity index (χ3v) is 7.76. The van der Waals surface area contributed by atoms with Crippen molar-refractivity contribution in [2.45, 2.75) is 17.0 Å². The van der Waals surface area contributed by atoms with Gasteiger partial charge in [0, 0.05) is 17.6 Å². The monoisotopic (exact) mass is 490 g/mol. The van der Waals surface area contributed by atoms with Crippen molar-refractivity contribution in [3.63, 3.8) is 0 Å². The second kappa shape index (κ2) is 8.61. The fourth-order valence-corrected chi connectivity index (χ4v) is 5.36. The minimum absolute atomic E-state index is 0.00752. The molecule has 0 aliphatic carbocycles. The van der Waals surface area contributed by atoms with Crippen molar-refractivity contribution in [2.75, 3.05) is 29.5 Å². The average molecular weight is 491 g/mol. The summed E-state index contributed by atoms with van der Waals surface area (Å²) in [6.45, 7) is 1.92. The van der Waals surface area contributed by atoms with E-state index >= 15 is 0 Å². The molecule has 0 unspecified atom stereocenters. The Morgan fingerprint density at radius 3 is 2.78 bits per heavy atom. The van der Waals surface area contributed by atoms with Crippen LogP contribution in [-0.2, 0) is 14.8 Å². The number of amides is 1. The number of fused-ring (bicyclic) bond motifs is 3. The number of nitrogens with one attached hydrogen (secondary N) is 1. The van der Waals surface area contributed by atoms with E-state index in [0.717, 1.165) is 21.6 Å². The van der Waals surface area contributed by atoms with Gasteiger partial charge < -0.3 is 10.1 Å². The summed E-state index contributed by atoms with van der Waals surface area (Å²) in [6, 6.07) is 10.5. The molecule has 4 rings (SSSR count). The van der Waals surface area contributed by atoms with Crippen LogP contribution in [0.25, 0.3) is 11.3 Å². The number of sulfonamides is 1. The number of nitrogens with zero attached hydrogens (tertiary/aromatic N) is 3. The molecule has 1 N–H and O–H groups in total. The number of aryl methyl sites for hydroxylation is 1. The highest BCUT2D eigenvalue weighted by Gasteiger charge is 2.34. The number of rotatable bonds is 5. The van der Waals surface area contributed by atoms with E-state index in [2.05, 4.69) is 15.3 Å². The Kier molecular flexibility index (Phi) is 6.02. The van der Waals surface area contributed by atoms with Gasteiger partial charge in [-0.2, -0.15) is 0 Å². The van der Waals surface area contributed by atoms with Crippen LogP contribution in [0.3, 0.4) is 0 Å². The minimum Gasteiger partial charge on any atom is -0.495 e. The SMILES string of the molecule is COc1ccc(C)cc1NC(=O)CSc1ncc2c(n1)-c1ccc(Cl)cc1N(C)S2(=O)=O. The van der Waals surface area contributed by atoms with Gasteiger partial charge in [0.05, 0.1) is 36.1 Å². The molecular weight excluding hydrogens is 472 g/mol. The lowest BCUT2D eigenvalue weighted by Crippen LogP contribution is -2.31. The van der Waals surface area contributed by atoms with Crippen LogP contribution in [0.15, 0.2) is 52.6 Å². The molecule has 2 heterocycles. The number of carbonyl (C=O) groups is 1. The zero-order valence-corrected chi connectivity index (χ0v) is 19.8. The third-order valence-electron chi connectivity index (χ3n) is 4.89. The van der Waals surface area contributed by atoms with E-state index in [0.29, 0.717) is 27.7 Å². The highest BCUT2D eigenvalue weighted by Crippen LogP contribution is 2.42. The second-order valence-corrected chi connectivity index (χ2v) is 10.4. The molecule has 32 heavy (non-hydrogen) atoms. The Morgan fingerprint density at radius 1 is 1.25 bits per heavy atom. The fraction of sp³-hybridized carbons (Fsp3) is 0.190. The zero-order chi connectivity index (χ0) is 23.0. The Balaban J connectivity index is 1.58. The number of aromatic nitrogens is 2. The summed E-state index contributed by atoms with van der Waals surface area (Å²) in [5.74, 6) is 0.332. The smallest absolute Gasteiger partial charge is 0.267 e. The molecule has 0 saturated carbocycles. The van der Waals surface area contributed by atoms with Crippen LogP contribution in [0.5, 0.6) is 5.75 Å². The van der Waals surface area contributed by atoms with Gasteiger partial charge in [0.2, 0.25) is 5.91 Å². The Bertz CT molecular complexity index is 1330. The van der Waals surface area contributed by atoms with E-state index in [1.54, 1.807) is 24.3 Å². The maximum absolute atomic E-state index is 12.9. The minimum atomic E-state index is -3.80. The van der Waals surface area contributed by atoms with Crippen molar-refractivity contribution >= 4 is 50.7 Å². The number of anilines is 2. The van der Waals surface area contributed by atoms with Gasteiger partial charge in [-0.05, 0) is 42.8 Å². The van der Waals surface area contributed by atoms with Gasteiger partial charge in [0.1, 0.15) is 10.6 Å². The first-order valence-electron chi connectivity index (χ1n) is 9.44. The highest BCUT2D eigenvalue weighted by molar-refractivity contribution is 7.99. The number of methoxy groups -OCH3 is 1. The van der Waals surface area contributed by atoms with E-state index in [9.17, 15) is 13.2 Å². The molecule has 1 aliphatic rings. The van der Waals surface area contributed by atoms with E-state index < -0.39 is 10.0 Å². The van der Waals surface area contributed by atoms with Gasteiger partial charge in [0.15, 0.2) is 5.16 Å². The fourth-order valence-electron chi connectivity index (χ4n) is 3.28. The van der Waals surface area contributed by atoms with Crippen LogP contribution in [0, 0.1) is 6.92 Å². The van der Waals surface area contributed by atoms with Crippen LogP contribution in [0.1, 0.15) is 5.56 Å². The van der Waals surface area contributed by atoms with Crippen LogP contribution in [-0.4, -0.2) is 44.2 Å². The predicted octanol–water partition coefficient (Wildman–Crippen LogP) is 3.98. The summed E-state index contributed by atoms with van der Waals surface area (Å²) in [4.78, 5) is 21.1. The standard InChI is InChI=1S/C21H19ClN4O4S2/c1-12-4-7-17(30-3)15(8-12)24-19(27)11-31-21-23-10-18-20(25-21)14-6-5-13(22)9-16(14)26(2)32(18,28)29/h4-10H,11H2,1-3H3,(H,24,27). The number of hydrogen-bond donors (Lipinski definition) is 1. The number of hydrogen-bond acceptors (Lipinski definition) is 7. The van der Waals surface area contributed by atoms with E-state index in [1.807, 2.05) is 19.1 Å². The highest BCUT2D eigenvalue weighted by atomic mass is 35.5.